The lowest BCUT2D eigenvalue weighted by atomic mass is 10.0. The zero-order valence-corrected chi connectivity index (χ0v) is 16.2. The lowest BCUT2D eigenvalue weighted by Crippen LogP contribution is -2.31. The van der Waals surface area contributed by atoms with E-state index in [9.17, 15) is 9.59 Å². The van der Waals surface area contributed by atoms with E-state index in [0.717, 1.165) is 10.8 Å². The van der Waals surface area contributed by atoms with Gasteiger partial charge in [0.25, 0.3) is 11.5 Å². The highest BCUT2D eigenvalue weighted by molar-refractivity contribution is 7.17. The van der Waals surface area contributed by atoms with Crippen molar-refractivity contribution in [3.05, 3.63) is 70.1 Å². The maximum Gasteiger partial charge on any atom is 0.271 e. The summed E-state index contributed by atoms with van der Waals surface area (Å²) in [5.41, 5.74) is 1.13. The van der Waals surface area contributed by atoms with Gasteiger partial charge in [0.15, 0.2) is 0 Å². The van der Waals surface area contributed by atoms with Gasteiger partial charge in [0.1, 0.15) is 10.4 Å². The molecule has 2 aromatic heterocycles. The van der Waals surface area contributed by atoms with E-state index in [4.69, 9.17) is 4.74 Å². The number of benzene rings is 2. The van der Waals surface area contributed by atoms with Gasteiger partial charge in [0.05, 0.1) is 24.0 Å². The number of ether oxygens (including phenoxy) is 1. The number of rotatable bonds is 6. The minimum atomic E-state index is -0.224. The van der Waals surface area contributed by atoms with Crippen LogP contribution in [-0.2, 0) is 6.54 Å². The van der Waals surface area contributed by atoms with Crippen LogP contribution in [0, 0.1) is 0 Å². The molecular formula is C21H19N3O3S. The highest BCUT2D eigenvalue weighted by atomic mass is 32.1. The molecule has 0 saturated heterocycles. The van der Waals surface area contributed by atoms with Gasteiger partial charge in [0.2, 0.25) is 0 Å². The maximum absolute atomic E-state index is 12.9. The molecule has 0 atom stereocenters. The smallest absolute Gasteiger partial charge is 0.271 e. The van der Waals surface area contributed by atoms with E-state index >= 15 is 0 Å². The van der Waals surface area contributed by atoms with Gasteiger partial charge in [-0.1, -0.05) is 30.3 Å². The molecule has 4 rings (SSSR count). The summed E-state index contributed by atoms with van der Waals surface area (Å²) in [5.74, 6) is 0.330. The van der Waals surface area contributed by atoms with Crippen LogP contribution in [0.25, 0.3) is 21.0 Å². The van der Waals surface area contributed by atoms with E-state index in [1.165, 1.54) is 22.2 Å². The van der Waals surface area contributed by atoms with Gasteiger partial charge in [0, 0.05) is 13.1 Å². The average molecular weight is 393 g/mol. The maximum atomic E-state index is 12.9. The Morgan fingerprint density at radius 2 is 2.07 bits per heavy atom. The third kappa shape index (κ3) is 3.36. The van der Waals surface area contributed by atoms with Crippen molar-refractivity contribution < 1.29 is 9.53 Å². The van der Waals surface area contributed by atoms with Gasteiger partial charge in [-0.2, -0.15) is 0 Å². The molecule has 0 fully saturated rings. The molecule has 2 aromatic carbocycles. The lowest BCUT2D eigenvalue weighted by molar-refractivity contribution is 0.0950. The fourth-order valence-corrected chi connectivity index (χ4v) is 3.97. The van der Waals surface area contributed by atoms with Crippen molar-refractivity contribution in [3.8, 4) is 5.75 Å². The SMILES string of the molecule is CCOc1ccc2ccccc2c1C(=O)NCCn1cnc2ccsc2c1=O. The van der Waals surface area contributed by atoms with Crippen LogP contribution >= 0.6 is 11.3 Å². The standard InChI is InChI=1S/C21H19N3O3S/c1-2-27-17-8-7-14-5-3-4-6-15(14)18(17)20(25)22-10-11-24-13-23-16-9-12-28-19(16)21(24)26/h3-9,12-13H,2,10-11H2,1H3,(H,22,25). The van der Waals surface area contributed by atoms with Crippen LogP contribution in [0.5, 0.6) is 5.75 Å². The number of carbonyl (C=O) groups is 1. The van der Waals surface area contributed by atoms with Crippen LogP contribution in [0.4, 0.5) is 0 Å². The van der Waals surface area contributed by atoms with Crippen molar-refractivity contribution in [1.82, 2.24) is 14.9 Å². The average Bonchev–Trinajstić information content (AvgIpc) is 3.19. The summed E-state index contributed by atoms with van der Waals surface area (Å²) < 4.78 is 7.81. The van der Waals surface area contributed by atoms with Gasteiger partial charge < -0.3 is 10.1 Å². The number of aromatic nitrogens is 2. The highest BCUT2D eigenvalue weighted by Crippen LogP contribution is 2.28. The van der Waals surface area contributed by atoms with E-state index in [1.807, 2.05) is 54.8 Å². The van der Waals surface area contributed by atoms with Crippen molar-refractivity contribution in [2.24, 2.45) is 0 Å². The third-order valence-electron chi connectivity index (χ3n) is 4.49. The Morgan fingerprint density at radius 1 is 1.21 bits per heavy atom. The molecule has 1 amide bonds. The van der Waals surface area contributed by atoms with Crippen LogP contribution < -0.4 is 15.6 Å². The molecule has 28 heavy (non-hydrogen) atoms. The first-order valence-corrected chi connectivity index (χ1v) is 9.92. The van der Waals surface area contributed by atoms with Crippen LogP contribution in [0.1, 0.15) is 17.3 Å². The predicted octanol–water partition coefficient (Wildman–Crippen LogP) is 3.44. The number of hydrogen-bond acceptors (Lipinski definition) is 5. The van der Waals surface area contributed by atoms with Crippen molar-refractivity contribution in [1.29, 1.82) is 0 Å². The second kappa shape index (κ2) is 7.82. The van der Waals surface area contributed by atoms with Crippen LogP contribution in [0.2, 0.25) is 0 Å². The van der Waals surface area contributed by atoms with Crippen molar-refractivity contribution in [2.45, 2.75) is 13.5 Å². The Balaban J connectivity index is 1.55. The summed E-state index contributed by atoms with van der Waals surface area (Å²) in [6, 6.07) is 13.3. The molecule has 6 nitrogen and oxygen atoms in total. The summed E-state index contributed by atoms with van der Waals surface area (Å²) in [6.45, 7) is 3.02. The van der Waals surface area contributed by atoms with Crippen molar-refractivity contribution in [2.75, 3.05) is 13.2 Å². The molecule has 1 N–H and O–H groups in total. The summed E-state index contributed by atoms with van der Waals surface area (Å²) in [5, 5.41) is 6.56. The minimum Gasteiger partial charge on any atom is -0.493 e. The number of fused-ring (bicyclic) bond motifs is 2. The summed E-state index contributed by atoms with van der Waals surface area (Å²) in [4.78, 5) is 29.6. The number of nitrogens with zero attached hydrogens (tertiary/aromatic N) is 2. The number of hydrogen-bond donors (Lipinski definition) is 1. The Bertz CT molecular complexity index is 1210. The zero-order valence-electron chi connectivity index (χ0n) is 15.3. The predicted molar refractivity (Wildman–Crippen MR) is 111 cm³/mol. The molecule has 0 aliphatic carbocycles. The monoisotopic (exact) mass is 393 g/mol. The highest BCUT2D eigenvalue weighted by Gasteiger charge is 2.16. The summed E-state index contributed by atoms with van der Waals surface area (Å²) >= 11 is 1.37. The first-order valence-electron chi connectivity index (χ1n) is 9.04. The largest absolute Gasteiger partial charge is 0.493 e. The molecule has 0 aliphatic rings. The van der Waals surface area contributed by atoms with Gasteiger partial charge in [-0.15, -0.1) is 11.3 Å². The first-order chi connectivity index (χ1) is 13.7. The first kappa shape index (κ1) is 18.2. The third-order valence-corrected chi connectivity index (χ3v) is 5.38. The Hall–Kier alpha value is -3.19. The summed E-state index contributed by atoms with van der Waals surface area (Å²) in [7, 11) is 0. The molecule has 7 heteroatoms. The Kier molecular flexibility index (Phi) is 5.08. The number of carbonyl (C=O) groups excluding carboxylic acids is 1. The lowest BCUT2D eigenvalue weighted by Gasteiger charge is -2.14. The van der Waals surface area contributed by atoms with Crippen LogP contribution in [-0.4, -0.2) is 28.6 Å². The van der Waals surface area contributed by atoms with E-state index in [-0.39, 0.29) is 11.5 Å². The number of nitrogens with one attached hydrogen (secondary N) is 1. The molecular weight excluding hydrogens is 374 g/mol. The number of amides is 1. The van der Waals surface area contributed by atoms with Crippen LogP contribution in [0.3, 0.4) is 0 Å². The quantitative estimate of drug-likeness (QED) is 0.545. The molecule has 0 saturated carbocycles. The molecule has 142 valence electrons. The van der Waals surface area contributed by atoms with E-state index in [0.29, 0.717) is 41.2 Å². The van der Waals surface area contributed by atoms with E-state index in [1.54, 1.807) is 0 Å². The van der Waals surface area contributed by atoms with E-state index in [2.05, 4.69) is 10.3 Å². The minimum absolute atomic E-state index is 0.0885. The second-order valence-electron chi connectivity index (χ2n) is 6.23. The molecule has 0 spiro atoms. The summed E-state index contributed by atoms with van der Waals surface area (Å²) in [6.07, 6.45) is 1.52. The van der Waals surface area contributed by atoms with Gasteiger partial charge in [-0.25, -0.2) is 4.98 Å². The molecule has 0 aliphatic heterocycles. The molecule has 4 aromatic rings. The van der Waals surface area contributed by atoms with Gasteiger partial charge >= 0.3 is 0 Å². The molecule has 0 unspecified atom stereocenters. The molecule has 0 radical (unpaired) electrons. The zero-order chi connectivity index (χ0) is 19.5. The van der Waals surface area contributed by atoms with Gasteiger partial charge in [-0.3, -0.25) is 14.2 Å². The van der Waals surface area contributed by atoms with E-state index < -0.39 is 0 Å². The number of thiophene rings is 1. The van der Waals surface area contributed by atoms with Crippen molar-refractivity contribution >= 4 is 38.2 Å². The van der Waals surface area contributed by atoms with Gasteiger partial charge in [-0.05, 0) is 35.2 Å². The molecule has 2 heterocycles. The fourth-order valence-electron chi connectivity index (χ4n) is 3.18. The Morgan fingerprint density at radius 3 is 2.93 bits per heavy atom. The fraction of sp³-hybridized carbons (Fsp3) is 0.190. The van der Waals surface area contributed by atoms with Crippen molar-refractivity contribution in [3.63, 3.8) is 0 Å². The Labute approximate surface area is 165 Å². The molecule has 0 bridgehead atoms. The van der Waals surface area contributed by atoms with Crippen LogP contribution in [0.15, 0.2) is 59.0 Å². The normalized spacial score (nSPS) is 11.0. The second-order valence-corrected chi connectivity index (χ2v) is 7.14. The topological polar surface area (TPSA) is 73.2 Å².